The van der Waals surface area contributed by atoms with Crippen LogP contribution in [0.3, 0.4) is 0 Å². The third kappa shape index (κ3) is 21.2. The molecular formula is C24H42O7P2. The fourth-order valence-corrected chi connectivity index (χ4v) is 4.35. The first kappa shape index (κ1) is 32.0. The summed E-state index contributed by atoms with van der Waals surface area (Å²) in [6.07, 6.45) is 17.5. The molecular weight excluding hydrogens is 462 g/mol. The molecule has 0 heterocycles. The first-order chi connectivity index (χ1) is 15.2. The molecule has 1 atom stereocenters. The summed E-state index contributed by atoms with van der Waals surface area (Å²) in [4.78, 5) is 26.3. The third-order valence-electron chi connectivity index (χ3n) is 4.81. The Kier molecular flexibility index (Phi) is 16.0. The summed E-state index contributed by atoms with van der Waals surface area (Å²) in [7, 11) is -9.87. The molecule has 0 aromatic heterocycles. The van der Waals surface area contributed by atoms with E-state index >= 15 is 0 Å². The Hall–Kier alpha value is -1.04. The number of hydrogen-bond donors (Lipinski definition) is 3. The fourth-order valence-electron chi connectivity index (χ4n) is 2.83. The quantitative estimate of drug-likeness (QED) is 0.146. The van der Waals surface area contributed by atoms with Crippen molar-refractivity contribution in [1.29, 1.82) is 0 Å². The lowest BCUT2D eigenvalue weighted by molar-refractivity contribution is 0.191. The molecule has 0 aliphatic rings. The maximum Gasteiger partial charge on any atom is 0.481 e. The Balaban J connectivity index is 4.24. The molecule has 0 saturated heterocycles. The van der Waals surface area contributed by atoms with Crippen LogP contribution in [-0.4, -0.2) is 21.3 Å². The number of phosphoric acid groups is 2. The molecule has 0 radical (unpaired) electrons. The lowest BCUT2D eigenvalue weighted by Crippen LogP contribution is -1.94. The highest BCUT2D eigenvalue weighted by molar-refractivity contribution is 7.60. The van der Waals surface area contributed by atoms with Gasteiger partial charge in [0.25, 0.3) is 0 Å². The van der Waals surface area contributed by atoms with Crippen molar-refractivity contribution in [3.63, 3.8) is 0 Å². The second-order valence-electron chi connectivity index (χ2n) is 8.64. The van der Waals surface area contributed by atoms with Gasteiger partial charge in [-0.3, -0.25) is 4.52 Å². The van der Waals surface area contributed by atoms with Gasteiger partial charge in [0.2, 0.25) is 0 Å². The molecule has 1 unspecified atom stereocenters. The molecule has 0 amide bonds. The van der Waals surface area contributed by atoms with Gasteiger partial charge in [0.15, 0.2) is 0 Å². The minimum atomic E-state index is -5.09. The summed E-state index contributed by atoms with van der Waals surface area (Å²) in [6.45, 7) is 12.3. The normalized spacial score (nSPS) is 16.0. The second-order valence-corrected chi connectivity index (χ2v) is 11.5. The van der Waals surface area contributed by atoms with Crippen molar-refractivity contribution in [2.75, 3.05) is 6.61 Å². The van der Waals surface area contributed by atoms with Crippen LogP contribution in [0.5, 0.6) is 0 Å². The highest BCUT2D eigenvalue weighted by Crippen LogP contribution is 2.57. The van der Waals surface area contributed by atoms with E-state index in [1.807, 2.05) is 6.92 Å². The molecule has 0 rings (SSSR count). The zero-order valence-corrected chi connectivity index (χ0v) is 22.7. The van der Waals surface area contributed by atoms with Crippen LogP contribution < -0.4 is 0 Å². The lowest BCUT2D eigenvalue weighted by Gasteiger charge is -2.11. The van der Waals surface area contributed by atoms with E-state index in [-0.39, 0.29) is 6.61 Å². The van der Waals surface area contributed by atoms with Crippen molar-refractivity contribution in [3.8, 4) is 0 Å². The molecule has 9 heteroatoms. The number of hydrogen-bond acceptors (Lipinski definition) is 4. The smallest absolute Gasteiger partial charge is 0.302 e. The Bertz CT molecular complexity index is 841. The van der Waals surface area contributed by atoms with Crippen molar-refractivity contribution in [1.82, 2.24) is 0 Å². The number of phosphoric ester groups is 1. The molecule has 0 fully saturated rings. The highest BCUT2D eigenvalue weighted by Gasteiger charge is 2.31. The summed E-state index contributed by atoms with van der Waals surface area (Å²) in [5.74, 6) is 0. The van der Waals surface area contributed by atoms with Gasteiger partial charge in [-0.25, -0.2) is 9.13 Å². The number of allylic oxidation sites excluding steroid dienone is 9. The van der Waals surface area contributed by atoms with Gasteiger partial charge in [-0.1, -0.05) is 58.2 Å². The molecule has 33 heavy (non-hydrogen) atoms. The molecule has 0 aromatic carbocycles. The van der Waals surface area contributed by atoms with Crippen LogP contribution in [0.25, 0.3) is 0 Å². The second kappa shape index (κ2) is 16.6. The lowest BCUT2D eigenvalue weighted by atomic mass is 10.0. The van der Waals surface area contributed by atoms with Crippen LogP contribution in [0.4, 0.5) is 0 Å². The molecule has 0 saturated carbocycles. The minimum Gasteiger partial charge on any atom is -0.302 e. The Morgan fingerprint density at radius 3 is 1.52 bits per heavy atom. The molecule has 0 aromatic rings. The van der Waals surface area contributed by atoms with Crippen molar-refractivity contribution in [2.24, 2.45) is 0 Å². The minimum absolute atomic E-state index is 0.268. The average Bonchev–Trinajstić information content (AvgIpc) is 2.64. The zero-order valence-electron chi connectivity index (χ0n) is 20.9. The Labute approximate surface area is 199 Å². The highest BCUT2D eigenvalue weighted by atomic mass is 31.3. The predicted octanol–water partition coefficient (Wildman–Crippen LogP) is 7.69. The van der Waals surface area contributed by atoms with Gasteiger partial charge in [-0.2, -0.15) is 4.31 Å². The monoisotopic (exact) mass is 504 g/mol. The topological polar surface area (TPSA) is 113 Å². The molecule has 0 aliphatic heterocycles. The van der Waals surface area contributed by atoms with E-state index in [0.29, 0.717) is 0 Å². The molecule has 0 aliphatic carbocycles. The van der Waals surface area contributed by atoms with E-state index in [1.165, 1.54) is 22.3 Å². The van der Waals surface area contributed by atoms with Crippen molar-refractivity contribution in [2.45, 2.75) is 86.5 Å². The van der Waals surface area contributed by atoms with E-state index in [1.54, 1.807) is 6.08 Å². The molecule has 3 N–H and O–H groups in total. The van der Waals surface area contributed by atoms with Crippen molar-refractivity contribution < 1.29 is 32.6 Å². The van der Waals surface area contributed by atoms with E-state index < -0.39 is 15.6 Å². The Morgan fingerprint density at radius 2 is 1.09 bits per heavy atom. The standard InChI is InChI=1S/C24H42O7P2/c1-20(2)16-17-23(5)14-8-12-21(3)10-7-11-22(4)13-9-15-24(6)18-19-30-33(28,29)31-32(25,26)27/h10,13-14,16,18H,7-9,11-12,15,17,19H2,1-6H3,(H,28,29)(H2,25,26,27)/b21-10+,22-13+,23-14+,24-18+. The van der Waals surface area contributed by atoms with Gasteiger partial charge in [-0.15, -0.1) is 0 Å². The van der Waals surface area contributed by atoms with Crippen molar-refractivity contribution >= 4 is 15.6 Å². The zero-order chi connectivity index (χ0) is 25.5. The van der Waals surface area contributed by atoms with Crippen LogP contribution in [-0.2, 0) is 18.0 Å². The molecule has 0 spiro atoms. The fraction of sp³-hybridized carbons (Fsp3) is 0.583. The van der Waals surface area contributed by atoms with Crippen LogP contribution in [0.1, 0.15) is 86.5 Å². The summed E-state index contributed by atoms with van der Waals surface area (Å²) in [5.41, 5.74) is 6.44. The van der Waals surface area contributed by atoms with Crippen molar-refractivity contribution in [3.05, 3.63) is 58.2 Å². The van der Waals surface area contributed by atoms with Crippen LogP contribution >= 0.6 is 15.6 Å². The van der Waals surface area contributed by atoms with Gasteiger partial charge in [-0.05, 0) is 86.5 Å². The molecule has 7 nitrogen and oxygen atoms in total. The van der Waals surface area contributed by atoms with Crippen LogP contribution in [0, 0.1) is 0 Å². The third-order valence-corrected chi connectivity index (χ3v) is 6.96. The van der Waals surface area contributed by atoms with Gasteiger partial charge in [0, 0.05) is 0 Å². The largest absolute Gasteiger partial charge is 0.481 e. The van der Waals surface area contributed by atoms with Gasteiger partial charge in [0.05, 0.1) is 6.61 Å². The summed E-state index contributed by atoms with van der Waals surface area (Å²) >= 11 is 0. The van der Waals surface area contributed by atoms with Crippen LogP contribution in [0.2, 0.25) is 0 Å². The summed E-state index contributed by atoms with van der Waals surface area (Å²) < 4.78 is 30.2. The first-order valence-electron chi connectivity index (χ1n) is 11.2. The maximum atomic E-state index is 11.4. The predicted molar refractivity (Wildman–Crippen MR) is 136 cm³/mol. The first-order valence-corrected chi connectivity index (χ1v) is 14.2. The van der Waals surface area contributed by atoms with Crippen LogP contribution in [0.15, 0.2) is 58.2 Å². The van der Waals surface area contributed by atoms with E-state index in [9.17, 15) is 14.0 Å². The van der Waals surface area contributed by atoms with E-state index in [2.05, 4.69) is 67.8 Å². The summed E-state index contributed by atoms with van der Waals surface area (Å²) in [5, 5.41) is 0. The van der Waals surface area contributed by atoms with Gasteiger partial charge in [0.1, 0.15) is 0 Å². The SMILES string of the molecule is CC(C)=CC/C(C)=C/CC/C(C)=C/CC/C(C)=C/CC/C(C)=C/COP(=O)(O)OP(=O)(O)O. The van der Waals surface area contributed by atoms with E-state index in [0.717, 1.165) is 50.5 Å². The Morgan fingerprint density at radius 1 is 0.667 bits per heavy atom. The maximum absolute atomic E-state index is 11.4. The summed E-state index contributed by atoms with van der Waals surface area (Å²) in [6, 6.07) is 0. The molecule has 190 valence electrons. The number of rotatable bonds is 16. The van der Waals surface area contributed by atoms with E-state index in [4.69, 9.17) is 9.79 Å². The average molecular weight is 505 g/mol. The molecule has 0 bridgehead atoms. The van der Waals surface area contributed by atoms with Gasteiger partial charge < -0.3 is 14.7 Å². The van der Waals surface area contributed by atoms with Gasteiger partial charge >= 0.3 is 15.6 Å².